The zero-order valence-electron chi connectivity index (χ0n) is 9.39. The maximum absolute atomic E-state index is 5.61. The highest BCUT2D eigenvalue weighted by Gasteiger charge is 1.81. The molecule has 0 aliphatic carbocycles. The van der Waals surface area contributed by atoms with Crippen molar-refractivity contribution in [3.63, 3.8) is 0 Å². The van der Waals surface area contributed by atoms with Crippen LogP contribution in [0.2, 0.25) is 5.02 Å². The number of benzene rings is 1. The van der Waals surface area contributed by atoms with E-state index < -0.39 is 0 Å². The largest absolute Gasteiger partial charge is 0.0843 e. The lowest BCUT2D eigenvalue weighted by Crippen LogP contribution is -1.66. The average molecular weight is 201 g/mol. The smallest absolute Gasteiger partial charge is 0.0406 e. The maximum Gasteiger partial charge on any atom is 0.0406 e. The summed E-state index contributed by atoms with van der Waals surface area (Å²) in [6.07, 6.45) is 1.25. The van der Waals surface area contributed by atoms with Crippen molar-refractivity contribution in [2.75, 3.05) is 0 Å². The van der Waals surface area contributed by atoms with Gasteiger partial charge in [-0.1, -0.05) is 63.4 Å². The molecule has 1 aromatic rings. The van der Waals surface area contributed by atoms with Crippen LogP contribution >= 0.6 is 11.6 Å². The van der Waals surface area contributed by atoms with Gasteiger partial charge in [0.2, 0.25) is 0 Å². The Labute approximate surface area is 87.9 Å². The summed E-state index contributed by atoms with van der Waals surface area (Å²) in [6.45, 7) is 10.3. The first-order chi connectivity index (χ1) is 6.20. The highest BCUT2D eigenvalue weighted by atomic mass is 35.5. The summed E-state index contributed by atoms with van der Waals surface area (Å²) in [5.74, 6) is 0. The molecule has 0 heterocycles. The second-order valence-corrected chi connectivity index (χ2v) is 2.94. The van der Waals surface area contributed by atoms with E-state index >= 15 is 0 Å². The Morgan fingerprint density at radius 1 is 1.00 bits per heavy atom. The third kappa shape index (κ3) is 11.5. The Morgan fingerprint density at radius 3 is 1.54 bits per heavy atom. The van der Waals surface area contributed by atoms with Crippen LogP contribution in [0.4, 0.5) is 0 Å². The molecule has 76 valence electrons. The predicted octanol–water partition coefficient (Wildman–Crippen LogP) is 5.09. The summed E-state index contributed by atoms with van der Waals surface area (Å²) in [4.78, 5) is 0. The highest BCUT2D eigenvalue weighted by Crippen LogP contribution is 2.07. The molecule has 0 N–H and O–H groups in total. The van der Waals surface area contributed by atoms with E-state index in [1.54, 1.807) is 0 Å². The number of aryl methyl sites for hydroxylation is 1. The van der Waals surface area contributed by atoms with Crippen molar-refractivity contribution < 1.29 is 0 Å². The summed E-state index contributed by atoms with van der Waals surface area (Å²) in [7, 11) is 0. The van der Waals surface area contributed by atoms with Crippen molar-refractivity contribution in [1.29, 1.82) is 0 Å². The molecule has 0 radical (unpaired) electrons. The monoisotopic (exact) mass is 200 g/mol. The van der Waals surface area contributed by atoms with E-state index in [9.17, 15) is 0 Å². The molecule has 0 saturated heterocycles. The Bertz CT molecular complexity index is 156. The van der Waals surface area contributed by atoms with E-state index in [4.69, 9.17) is 11.6 Å². The molecule has 13 heavy (non-hydrogen) atoms. The summed E-state index contributed by atoms with van der Waals surface area (Å²) < 4.78 is 0. The molecule has 0 aromatic heterocycles. The van der Waals surface area contributed by atoms with Crippen LogP contribution in [0.3, 0.4) is 0 Å². The van der Waals surface area contributed by atoms with Crippen molar-refractivity contribution in [3.8, 4) is 0 Å². The minimum absolute atomic E-state index is 0.801. The summed E-state index contributed by atoms with van der Waals surface area (Å²) in [5, 5.41) is 0.801. The third-order valence-electron chi connectivity index (χ3n) is 1.01. The Morgan fingerprint density at radius 2 is 1.31 bits per heavy atom. The van der Waals surface area contributed by atoms with Gasteiger partial charge in [-0.15, -0.1) is 0 Å². The molecule has 0 nitrogen and oxygen atoms in total. The van der Waals surface area contributed by atoms with Crippen molar-refractivity contribution in [2.45, 2.75) is 41.0 Å². The molecule has 1 heteroatoms. The van der Waals surface area contributed by atoms with Crippen molar-refractivity contribution in [3.05, 3.63) is 34.9 Å². The fourth-order valence-corrected chi connectivity index (χ4v) is 0.659. The van der Waals surface area contributed by atoms with Gasteiger partial charge in [0, 0.05) is 5.02 Å². The molecule has 0 aliphatic heterocycles. The molecule has 0 bridgehead atoms. The molecule has 0 saturated carbocycles. The van der Waals surface area contributed by atoms with Gasteiger partial charge in [-0.25, -0.2) is 0 Å². The van der Waals surface area contributed by atoms with Crippen molar-refractivity contribution in [2.24, 2.45) is 0 Å². The van der Waals surface area contributed by atoms with Crippen LogP contribution in [0.1, 0.15) is 39.7 Å². The molecule has 1 rings (SSSR count). The first kappa shape index (κ1) is 15.0. The maximum atomic E-state index is 5.61. The van der Waals surface area contributed by atoms with Crippen LogP contribution in [-0.4, -0.2) is 0 Å². The van der Waals surface area contributed by atoms with Gasteiger partial charge >= 0.3 is 0 Å². The van der Waals surface area contributed by atoms with E-state index in [1.165, 1.54) is 12.0 Å². The van der Waals surface area contributed by atoms with E-state index in [0.29, 0.717) is 0 Å². The lowest BCUT2D eigenvalue weighted by Gasteiger charge is -1.88. The quantitative estimate of drug-likeness (QED) is 0.547. The van der Waals surface area contributed by atoms with Gasteiger partial charge in [0.15, 0.2) is 0 Å². The first-order valence-corrected chi connectivity index (χ1v) is 5.30. The number of halogens is 1. The first-order valence-electron chi connectivity index (χ1n) is 4.92. The van der Waals surface area contributed by atoms with Crippen LogP contribution in [0.5, 0.6) is 0 Å². The third-order valence-corrected chi connectivity index (χ3v) is 1.26. The molecule has 0 atom stereocenters. The lowest BCUT2D eigenvalue weighted by atomic mass is 10.2. The molecular formula is C12H21Cl. The fraction of sp³-hybridized carbons (Fsp3) is 0.500. The summed E-state index contributed by atoms with van der Waals surface area (Å²) >= 11 is 5.61. The molecule has 0 unspecified atom stereocenters. The zero-order chi connectivity index (χ0) is 10.7. The SMILES string of the molecule is CC.CCC.Cc1ccc(Cl)cc1. The van der Waals surface area contributed by atoms with Crippen molar-refractivity contribution >= 4 is 11.6 Å². The van der Waals surface area contributed by atoms with Crippen LogP contribution < -0.4 is 0 Å². The van der Waals surface area contributed by atoms with Gasteiger partial charge in [-0.3, -0.25) is 0 Å². The number of hydrogen-bond acceptors (Lipinski definition) is 0. The predicted molar refractivity (Wildman–Crippen MR) is 63.5 cm³/mol. The normalized spacial score (nSPS) is 7.54. The van der Waals surface area contributed by atoms with Crippen LogP contribution in [-0.2, 0) is 0 Å². The molecule has 1 aromatic carbocycles. The molecule has 0 amide bonds. The van der Waals surface area contributed by atoms with E-state index in [0.717, 1.165) is 5.02 Å². The summed E-state index contributed by atoms with van der Waals surface area (Å²) in [5.41, 5.74) is 1.24. The molecule has 0 fully saturated rings. The van der Waals surface area contributed by atoms with Crippen LogP contribution in [0.15, 0.2) is 24.3 Å². The van der Waals surface area contributed by atoms with Gasteiger partial charge in [0.25, 0.3) is 0 Å². The highest BCUT2D eigenvalue weighted by molar-refractivity contribution is 6.30. The van der Waals surface area contributed by atoms with E-state index in [1.807, 2.05) is 45.0 Å². The molecule has 0 spiro atoms. The van der Waals surface area contributed by atoms with Gasteiger partial charge in [-0.05, 0) is 19.1 Å². The minimum Gasteiger partial charge on any atom is -0.0843 e. The molecule has 0 aliphatic rings. The Kier molecular flexibility index (Phi) is 13.3. The standard InChI is InChI=1S/C7H7Cl.C3H8.C2H6/c1-6-2-4-7(8)5-3-6;1-3-2;1-2/h2-5H,1H3;3H2,1-2H3;1-2H3. The second-order valence-electron chi connectivity index (χ2n) is 2.50. The molecular weight excluding hydrogens is 180 g/mol. The lowest BCUT2D eigenvalue weighted by molar-refractivity contribution is 1.09. The summed E-state index contributed by atoms with van der Waals surface area (Å²) in [6, 6.07) is 7.75. The fourth-order valence-electron chi connectivity index (χ4n) is 0.533. The van der Waals surface area contributed by atoms with Gasteiger partial charge < -0.3 is 0 Å². The number of rotatable bonds is 0. The zero-order valence-corrected chi connectivity index (χ0v) is 10.2. The van der Waals surface area contributed by atoms with Gasteiger partial charge in [0.05, 0.1) is 0 Å². The minimum atomic E-state index is 0.801. The van der Waals surface area contributed by atoms with Crippen LogP contribution in [0, 0.1) is 6.92 Å². The van der Waals surface area contributed by atoms with E-state index in [-0.39, 0.29) is 0 Å². The van der Waals surface area contributed by atoms with Gasteiger partial charge in [0.1, 0.15) is 0 Å². The van der Waals surface area contributed by atoms with E-state index in [2.05, 4.69) is 13.8 Å². The topological polar surface area (TPSA) is 0 Å². The van der Waals surface area contributed by atoms with Gasteiger partial charge in [-0.2, -0.15) is 0 Å². The Hall–Kier alpha value is -0.490. The second kappa shape index (κ2) is 11.5. The van der Waals surface area contributed by atoms with Crippen molar-refractivity contribution in [1.82, 2.24) is 0 Å². The van der Waals surface area contributed by atoms with Crippen LogP contribution in [0.25, 0.3) is 0 Å². The average Bonchev–Trinajstić information content (AvgIpc) is 2.15. The number of hydrogen-bond donors (Lipinski definition) is 0. The Balaban J connectivity index is 0.